The zero-order valence-corrected chi connectivity index (χ0v) is 8.00. The molecule has 2 fully saturated rings. The first-order valence-corrected chi connectivity index (χ1v) is 5.22. The lowest BCUT2D eigenvalue weighted by molar-refractivity contribution is -0.136. The van der Waals surface area contributed by atoms with Gasteiger partial charge in [-0.15, -0.1) is 0 Å². The van der Waals surface area contributed by atoms with Crippen molar-refractivity contribution in [1.29, 1.82) is 0 Å². The van der Waals surface area contributed by atoms with Gasteiger partial charge in [0.15, 0.2) is 0 Å². The number of morpholine rings is 1. The number of ether oxygens (including phenoxy) is 1. The highest BCUT2D eigenvalue weighted by Crippen LogP contribution is 2.29. The van der Waals surface area contributed by atoms with Gasteiger partial charge in [-0.1, -0.05) is 6.42 Å². The fourth-order valence-corrected chi connectivity index (χ4v) is 1.89. The van der Waals surface area contributed by atoms with E-state index in [1.165, 1.54) is 19.3 Å². The van der Waals surface area contributed by atoms with E-state index in [0.717, 1.165) is 32.7 Å². The molecule has 0 aromatic rings. The molecule has 1 saturated carbocycles. The smallest absolute Gasteiger partial charge is 0.223 e. The standard InChI is InChI=1S/C10H17NO2/c12-10(8-9-2-1-3-9)11-4-6-13-7-5-11/h9H,1-8H2. The Morgan fingerprint density at radius 1 is 1.31 bits per heavy atom. The van der Waals surface area contributed by atoms with Crippen LogP contribution in [0.2, 0.25) is 0 Å². The van der Waals surface area contributed by atoms with Crippen LogP contribution in [0.15, 0.2) is 0 Å². The van der Waals surface area contributed by atoms with Gasteiger partial charge < -0.3 is 9.64 Å². The summed E-state index contributed by atoms with van der Waals surface area (Å²) in [4.78, 5) is 13.6. The van der Waals surface area contributed by atoms with Crippen LogP contribution in [0.4, 0.5) is 0 Å². The summed E-state index contributed by atoms with van der Waals surface area (Å²) >= 11 is 0. The van der Waals surface area contributed by atoms with Gasteiger partial charge in [-0.3, -0.25) is 4.79 Å². The molecule has 1 aliphatic heterocycles. The van der Waals surface area contributed by atoms with Gasteiger partial charge in [0.25, 0.3) is 0 Å². The van der Waals surface area contributed by atoms with Crippen molar-refractivity contribution >= 4 is 5.91 Å². The van der Waals surface area contributed by atoms with Crippen molar-refractivity contribution in [3.8, 4) is 0 Å². The minimum absolute atomic E-state index is 0.341. The molecule has 0 unspecified atom stereocenters. The molecule has 1 amide bonds. The van der Waals surface area contributed by atoms with Crippen LogP contribution >= 0.6 is 0 Å². The van der Waals surface area contributed by atoms with Crippen LogP contribution in [-0.4, -0.2) is 37.1 Å². The molecule has 0 N–H and O–H groups in total. The molecule has 1 saturated heterocycles. The van der Waals surface area contributed by atoms with Crippen molar-refractivity contribution < 1.29 is 9.53 Å². The van der Waals surface area contributed by atoms with Gasteiger partial charge in [-0.05, 0) is 18.8 Å². The number of nitrogens with zero attached hydrogens (tertiary/aromatic N) is 1. The third-order valence-corrected chi connectivity index (χ3v) is 3.05. The quantitative estimate of drug-likeness (QED) is 0.640. The Hall–Kier alpha value is -0.570. The summed E-state index contributed by atoms with van der Waals surface area (Å²) in [5.74, 6) is 1.03. The maximum Gasteiger partial charge on any atom is 0.223 e. The fourth-order valence-electron chi connectivity index (χ4n) is 1.89. The molecule has 2 rings (SSSR count). The molecule has 0 radical (unpaired) electrons. The third kappa shape index (κ3) is 2.21. The highest BCUT2D eigenvalue weighted by Gasteiger charge is 2.24. The van der Waals surface area contributed by atoms with Gasteiger partial charge in [0.2, 0.25) is 5.91 Å². The predicted molar refractivity (Wildman–Crippen MR) is 49.4 cm³/mol. The van der Waals surface area contributed by atoms with Crippen molar-refractivity contribution in [2.24, 2.45) is 5.92 Å². The van der Waals surface area contributed by atoms with E-state index in [-0.39, 0.29) is 0 Å². The SMILES string of the molecule is O=C(CC1CCC1)N1CCOCC1. The van der Waals surface area contributed by atoms with Crippen LogP contribution in [-0.2, 0) is 9.53 Å². The Kier molecular flexibility index (Phi) is 2.83. The van der Waals surface area contributed by atoms with Gasteiger partial charge >= 0.3 is 0 Å². The van der Waals surface area contributed by atoms with Crippen molar-refractivity contribution in [1.82, 2.24) is 4.90 Å². The lowest BCUT2D eigenvalue weighted by atomic mass is 9.82. The van der Waals surface area contributed by atoms with Crippen LogP contribution in [0.3, 0.4) is 0 Å². The molecule has 1 aliphatic carbocycles. The Labute approximate surface area is 79.0 Å². The van der Waals surface area contributed by atoms with E-state index in [4.69, 9.17) is 4.74 Å². The maximum absolute atomic E-state index is 11.7. The summed E-state index contributed by atoms with van der Waals surface area (Å²) in [6.45, 7) is 3.03. The summed E-state index contributed by atoms with van der Waals surface area (Å²) in [7, 11) is 0. The Bertz CT molecular complexity index is 183. The monoisotopic (exact) mass is 183 g/mol. The molecule has 3 nitrogen and oxygen atoms in total. The van der Waals surface area contributed by atoms with Gasteiger partial charge in [0.05, 0.1) is 13.2 Å². The Morgan fingerprint density at radius 2 is 2.00 bits per heavy atom. The van der Waals surface area contributed by atoms with E-state index < -0.39 is 0 Å². The zero-order valence-electron chi connectivity index (χ0n) is 8.00. The maximum atomic E-state index is 11.7. The molecule has 74 valence electrons. The van der Waals surface area contributed by atoms with Crippen molar-refractivity contribution in [2.45, 2.75) is 25.7 Å². The normalized spacial score (nSPS) is 24.2. The van der Waals surface area contributed by atoms with E-state index in [1.54, 1.807) is 0 Å². The summed E-state index contributed by atoms with van der Waals surface area (Å²) < 4.78 is 5.20. The average Bonchev–Trinajstić information content (AvgIpc) is 2.12. The molecule has 0 atom stereocenters. The molecule has 1 heterocycles. The fraction of sp³-hybridized carbons (Fsp3) is 0.900. The first-order valence-electron chi connectivity index (χ1n) is 5.22. The molecular weight excluding hydrogens is 166 g/mol. The summed E-state index contributed by atoms with van der Waals surface area (Å²) in [5.41, 5.74) is 0. The highest BCUT2D eigenvalue weighted by molar-refractivity contribution is 5.76. The van der Waals surface area contributed by atoms with E-state index in [9.17, 15) is 4.79 Å². The van der Waals surface area contributed by atoms with Crippen molar-refractivity contribution in [3.63, 3.8) is 0 Å². The number of rotatable bonds is 2. The second kappa shape index (κ2) is 4.09. The van der Waals surface area contributed by atoms with Gasteiger partial charge in [0, 0.05) is 19.5 Å². The minimum Gasteiger partial charge on any atom is -0.378 e. The third-order valence-electron chi connectivity index (χ3n) is 3.05. The summed E-state index contributed by atoms with van der Waals surface area (Å²) in [6.07, 6.45) is 4.62. The predicted octanol–water partition coefficient (Wildman–Crippen LogP) is 1.04. The number of hydrogen-bond donors (Lipinski definition) is 0. The number of carbonyl (C=O) groups excluding carboxylic acids is 1. The first-order chi connectivity index (χ1) is 6.36. The van der Waals surface area contributed by atoms with Gasteiger partial charge in [-0.25, -0.2) is 0 Å². The van der Waals surface area contributed by atoms with Gasteiger partial charge in [0.1, 0.15) is 0 Å². The van der Waals surface area contributed by atoms with Crippen LogP contribution < -0.4 is 0 Å². The van der Waals surface area contributed by atoms with Crippen molar-refractivity contribution in [3.05, 3.63) is 0 Å². The molecule has 0 aromatic heterocycles. The van der Waals surface area contributed by atoms with E-state index in [0.29, 0.717) is 11.8 Å². The summed E-state index contributed by atoms with van der Waals surface area (Å²) in [5, 5.41) is 0. The van der Waals surface area contributed by atoms with E-state index >= 15 is 0 Å². The molecule has 0 spiro atoms. The van der Waals surface area contributed by atoms with Crippen LogP contribution in [0.5, 0.6) is 0 Å². The lowest BCUT2D eigenvalue weighted by Gasteiger charge is -2.31. The number of hydrogen-bond acceptors (Lipinski definition) is 2. The zero-order chi connectivity index (χ0) is 9.10. The Balaban J connectivity index is 1.74. The minimum atomic E-state index is 0.341. The largest absolute Gasteiger partial charge is 0.378 e. The molecule has 13 heavy (non-hydrogen) atoms. The molecule has 2 aliphatic rings. The second-order valence-corrected chi connectivity index (χ2v) is 3.99. The average molecular weight is 183 g/mol. The number of carbonyl (C=O) groups is 1. The topological polar surface area (TPSA) is 29.5 Å². The van der Waals surface area contributed by atoms with E-state index in [2.05, 4.69) is 0 Å². The summed E-state index contributed by atoms with van der Waals surface area (Å²) in [6, 6.07) is 0. The first kappa shape index (κ1) is 9.00. The van der Waals surface area contributed by atoms with Crippen molar-refractivity contribution in [2.75, 3.05) is 26.3 Å². The van der Waals surface area contributed by atoms with Crippen LogP contribution in [0.1, 0.15) is 25.7 Å². The number of amides is 1. The Morgan fingerprint density at radius 3 is 2.54 bits per heavy atom. The van der Waals surface area contributed by atoms with E-state index in [1.807, 2.05) is 4.90 Å². The molecule has 3 heteroatoms. The highest BCUT2D eigenvalue weighted by atomic mass is 16.5. The molecule has 0 bridgehead atoms. The molecular formula is C10H17NO2. The second-order valence-electron chi connectivity index (χ2n) is 3.99. The van der Waals surface area contributed by atoms with Crippen LogP contribution in [0, 0.1) is 5.92 Å². The van der Waals surface area contributed by atoms with Gasteiger partial charge in [-0.2, -0.15) is 0 Å². The van der Waals surface area contributed by atoms with Crippen LogP contribution in [0.25, 0.3) is 0 Å². The molecule has 0 aromatic carbocycles. The lowest BCUT2D eigenvalue weighted by Crippen LogP contribution is -2.41.